The number of piperidine rings is 1. The van der Waals surface area contributed by atoms with Crippen LogP contribution in [0.1, 0.15) is 40.0 Å². The Labute approximate surface area is 165 Å². The van der Waals surface area contributed by atoms with Crippen molar-refractivity contribution in [3.05, 3.63) is 59.7 Å². The van der Waals surface area contributed by atoms with Crippen molar-refractivity contribution >= 4 is 29.9 Å². The van der Waals surface area contributed by atoms with Crippen LogP contribution in [0.15, 0.2) is 48.5 Å². The molecule has 0 bridgehead atoms. The summed E-state index contributed by atoms with van der Waals surface area (Å²) in [7, 11) is 0. The highest BCUT2D eigenvalue weighted by atomic mass is 35.5. The predicted molar refractivity (Wildman–Crippen MR) is 107 cm³/mol. The van der Waals surface area contributed by atoms with Crippen LogP contribution in [0.3, 0.4) is 0 Å². The molecule has 2 heterocycles. The first kappa shape index (κ1) is 19.4. The van der Waals surface area contributed by atoms with E-state index >= 15 is 0 Å². The van der Waals surface area contributed by atoms with Gasteiger partial charge in [0.15, 0.2) is 0 Å². The molecule has 0 radical (unpaired) electrons. The standard InChI is InChI=1S/C21H22N2O3.ClH/c24-20-18-6-2-3-7-19(18)21(25)23(20)16-8-10-17(11-9-16)26-15-14-22-12-4-1-5-13-22;/h2-3,6-11H,1,4-5,12-15H2;1H. The lowest BCUT2D eigenvalue weighted by molar-refractivity contribution is 0.0926. The van der Waals surface area contributed by atoms with E-state index in [0.29, 0.717) is 23.4 Å². The molecule has 4 rings (SSSR count). The van der Waals surface area contributed by atoms with Gasteiger partial charge in [-0.15, -0.1) is 12.4 Å². The molecule has 1 saturated heterocycles. The molecule has 0 aliphatic carbocycles. The number of anilines is 1. The highest BCUT2D eigenvalue weighted by molar-refractivity contribution is 6.34. The zero-order chi connectivity index (χ0) is 17.9. The number of carbonyl (C=O) groups excluding carboxylic acids is 2. The first-order valence-corrected chi connectivity index (χ1v) is 9.17. The lowest BCUT2D eigenvalue weighted by Crippen LogP contribution is -2.33. The van der Waals surface area contributed by atoms with Gasteiger partial charge in [-0.1, -0.05) is 18.6 Å². The van der Waals surface area contributed by atoms with Gasteiger partial charge in [0.25, 0.3) is 11.8 Å². The summed E-state index contributed by atoms with van der Waals surface area (Å²) in [5.41, 5.74) is 1.48. The summed E-state index contributed by atoms with van der Waals surface area (Å²) in [5, 5.41) is 0. The number of halogens is 1. The highest BCUT2D eigenvalue weighted by Gasteiger charge is 2.36. The second-order valence-electron chi connectivity index (χ2n) is 6.74. The van der Waals surface area contributed by atoms with Gasteiger partial charge in [0.05, 0.1) is 16.8 Å². The molecular weight excluding hydrogens is 364 g/mol. The number of rotatable bonds is 5. The molecule has 2 aromatic carbocycles. The molecule has 0 unspecified atom stereocenters. The quantitative estimate of drug-likeness (QED) is 0.734. The summed E-state index contributed by atoms with van der Waals surface area (Å²) in [4.78, 5) is 28.7. The molecule has 0 saturated carbocycles. The third kappa shape index (κ3) is 3.99. The maximum absolute atomic E-state index is 12.5. The molecule has 27 heavy (non-hydrogen) atoms. The average Bonchev–Trinajstić information content (AvgIpc) is 2.94. The number of hydrogen-bond donors (Lipinski definition) is 0. The third-order valence-electron chi connectivity index (χ3n) is 5.01. The van der Waals surface area contributed by atoms with Crippen molar-refractivity contribution in [3.63, 3.8) is 0 Å². The molecule has 2 aliphatic heterocycles. The number of fused-ring (bicyclic) bond motifs is 1. The molecule has 0 N–H and O–H groups in total. The van der Waals surface area contributed by atoms with E-state index in [1.807, 2.05) is 12.1 Å². The first-order valence-electron chi connectivity index (χ1n) is 9.17. The maximum atomic E-state index is 12.5. The summed E-state index contributed by atoms with van der Waals surface area (Å²) >= 11 is 0. The summed E-state index contributed by atoms with van der Waals surface area (Å²) in [6.45, 7) is 3.89. The highest BCUT2D eigenvalue weighted by Crippen LogP contribution is 2.29. The van der Waals surface area contributed by atoms with Crippen LogP contribution in [0.5, 0.6) is 5.75 Å². The number of likely N-dealkylation sites (tertiary alicyclic amines) is 1. The van der Waals surface area contributed by atoms with Crippen LogP contribution >= 0.6 is 12.4 Å². The molecule has 5 nitrogen and oxygen atoms in total. The Balaban J connectivity index is 0.00000210. The van der Waals surface area contributed by atoms with Gasteiger partial charge >= 0.3 is 0 Å². The number of hydrogen-bond acceptors (Lipinski definition) is 4. The summed E-state index contributed by atoms with van der Waals surface area (Å²) in [5.74, 6) is 0.205. The van der Waals surface area contributed by atoms with E-state index in [4.69, 9.17) is 4.74 Å². The minimum Gasteiger partial charge on any atom is -0.492 e. The van der Waals surface area contributed by atoms with Crippen molar-refractivity contribution in [1.29, 1.82) is 0 Å². The van der Waals surface area contributed by atoms with Crippen LogP contribution in [-0.4, -0.2) is 43.0 Å². The molecule has 142 valence electrons. The molecule has 2 aromatic rings. The number of imide groups is 1. The lowest BCUT2D eigenvalue weighted by Gasteiger charge is -2.26. The van der Waals surface area contributed by atoms with Gasteiger partial charge in [0.1, 0.15) is 12.4 Å². The van der Waals surface area contributed by atoms with E-state index in [0.717, 1.165) is 25.4 Å². The van der Waals surface area contributed by atoms with Crippen LogP contribution in [0, 0.1) is 0 Å². The van der Waals surface area contributed by atoms with Crippen LogP contribution in [0.25, 0.3) is 0 Å². The van der Waals surface area contributed by atoms with Crippen LogP contribution in [-0.2, 0) is 0 Å². The Morgan fingerprint density at radius 2 is 1.41 bits per heavy atom. The largest absolute Gasteiger partial charge is 0.492 e. The molecule has 1 fully saturated rings. The Morgan fingerprint density at radius 3 is 2.00 bits per heavy atom. The van der Waals surface area contributed by atoms with E-state index in [1.54, 1.807) is 36.4 Å². The Kier molecular flexibility index (Phi) is 6.14. The van der Waals surface area contributed by atoms with Crippen molar-refractivity contribution < 1.29 is 14.3 Å². The number of carbonyl (C=O) groups is 2. The van der Waals surface area contributed by atoms with Crippen molar-refractivity contribution in [1.82, 2.24) is 4.90 Å². The first-order chi connectivity index (χ1) is 12.7. The third-order valence-corrected chi connectivity index (χ3v) is 5.01. The number of nitrogens with zero attached hydrogens (tertiary/aromatic N) is 2. The van der Waals surface area contributed by atoms with E-state index in [9.17, 15) is 9.59 Å². The monoisotopic (exact) mass is 386 g/mol. The van der Waals surface area contributed by atoms with Gasteiger partial charge < -0.3 is 4.74 Å². The molecule has 2 amide bonds. The topological polar surface area (TPSA) is 49.9 Å². The van der Waals surface area contributed by atoms with Crippen molar-refractivity contribution in [3.8, 4) is 5.75 Å². The zero-order valence-electron chi connectivity index (χ0n) is 15.1. The average molecular weight is 387 g/mol. The molecule has 0 aromatic heterocycles. The van der Waals surface area contributed by atoms with Gasteiger partial charge in [0, 0.05) is 6.54 Å². The minimum absolute atomic E-state index is 0. The lowest BCUT2D eigenvalue weighted by atomic mass is 10.1. The van der Waals surface area contributed by atoms with Gasteiger partial charge in [-0.3, -0.25) is 14.5 Å². The maximum Gasteiger partial charge on any atom is 0.266 e. The Hall–Kier alpha value is -2.37. The number of benzene rings is 2. The van der Waals surface area contributed by atoms with Gasteiger partial charge in [-0.25, -0.2) is 4.90 Å². The smallest absolute Gasteiger partial charge is 0.266 e. The van der Waals surface area contributed by atoms with Crippen molar-refractivity contribution in [2.24, 2.45) is 0 Å². The van der Waals surface area contributed by atoms with Crippen LogP contribution < -0.4 is 9.64 Å². The number of ether oxygens (including phenoxy) is 1. The molecular formula is C21H23ClN2O3. The summed E-state index contributed by atoms with van der Waals surface area (Å²) in [6.07, 6.45) is 3.88. The van der Waals surface area contributed by atoms with Crippen LogP contribution in [0.4, 0.5) is 5.69 Å². The minimum atomic E-state index is -0.274. The fourth-order valence-corrected chi connectivity index (χ4v) is 3.59. The van der Waals surface area contributed by atoms with E-state index in [2.05, 4.69) is 4.90 Å². The molecule has 2 aliphatic rings. The summed E-state index contributed by atoms with van der Waals surface area (Å²) in [6, 6.07) is 14.1. The molecule has 6 heteroatoms. The van der Waals surface area contributed by atoms with E-state index in [1.165, 1.54) is 24.2 Å². The SMILES string of the molecule is Cl.O=C1c2ccccc2C(=O)N1c1ccc(OCCN2CCCCC2)cc1. The predicted octanol–water partition coefficient (Wildman–Crippen LogP) is 3.77. The Morgan fingerprint density at radius 1 is 0.815 bits per heavy atom. The zero-order valence-corrected chi connectivity index (χ0v) is 15.9. The second kappa shape index (κ2) is 8.55. The summed E-state index contributed by atoms with van der Waals surface area (Å²) < 4.78 is 5.81. The fourth-order valence-electron chi connectivity index (χ4n) is 3.59. The van der Waals surface area contributed by atoms with Gasteiger partial charge in [-0.2, -0.15) is 0 Å². The van der Waals surface area contributed by atoms with E-state index in [-0.39, 0.29) is 24.2 Å². The molecule has 0 atom stereocenters. The molecule has 0 spiro atoms. The van der Waals surface area contributed by atoms with Crippen LogP contribution in [0.2, 0.25) is 0 Å². The fraction of sp³-hybridized carbons (Fsp3) is 0.333. The normalized spacial score (nSPS) is 16.8. The van der Waals surface area contributed by atoms with E-state index < -0.39 is 0 Å². The second-order valence-corrected chi connectivity index (χ2v) is 6.74. The Bertz CT molecular complexity index is 781. The van der Waals surface area contributed by atoms with Gasteiger partial charge in [-0.05, 0) is 62.3 Å². The van der Waals surface area contributed by atoms with Crippen molar-refractivity contribution in [2.75, 3.05) is 31.1 Å². The van der Waals surface area contributed by atoms with Crippen molar-refractivity contribution in [2.45, 2.75) is 19.3 Å². The van der Waals surface area contributed by atoms with Gasteiger partial charge in [0.2, 0.25) is 0 Å². The number of amides is 2.